The van der Waals surface area contributed by atoms with Gasteiger partial charge in [0.15, 0.2) is 0 Å². The lowest BCUT2D eigenvalue weighted by Crippen LogP contribution is -2.69. The molecule has 0 aromatic carbocycles. The first-order chi connectivity index (χ1) is 14.7. The summed E-state index contributed by atoms with van der Waals surface area (Å²) in [6.45, 7) is 19.7. The molecule has 0 unspecified atom stereocenters. The Balaban J connectivity index is 1.57. The van der Waals surface area contributed by atoms with Gasteiger partial charge in [-0.2, -0.15) is 0 Å². The van der Waals surface area contributed by atoms with Crippen LogP contribution in [0.15, 0.2) is 11.6 Å². The largest absolute Gasteiger partial charge is 0.393 e. The van der Waals surface area contributed by atoms with E-state index >= 15 is 0 Å². The summed E-state index contributed by atoms with van der Waals surface area (Å²) >= 11 is 0. The molecule has 0 bridgehead atoms. The molecule has 5 aliphatic carbocycles. The molecule has 4 fully saturated rings. The second-order valence-corrected chi connectivity index (χ2v) is 14.7. The molecule has 182 valence electrons. The normalized spacial score (nSPS) is 59.2. The fourth-order valence-corrected chi connectivity index (χ4v) is 11.3. The number of fused-ring (bicyclic) bond motifs is 7. The van der Waals surface area contributed by atoms with Crippen molar-refractivity contribution in [3.63, 3.8) is 0 Å². The van der Waals surface area contributed by atoms with E-state index in [1.54, 1.807) is 5.57 Å². The van der Waals surface area contributed by atoms with Gasteiger partial charge in [-0.1, -0.05) is 60.1 Å². The summed E-state index contributed by atoms with van der Waals surface area (Å²) in [5, 5.41) is 22.6. The maximum Gasteiger partial charge on any atom is 0.0605 e. The van der Waals surface area contributed by atoms with Gasteiger partial charge < -0.3 is 10.2 Å². The molecule has 0 amide bonds. The molecule has 11 atom stereocenters. The predicted octanol–water partition coefficient (Wildman–Crippen LogP) is 7.00. The summed E-state index contributed by atoms with van der Waals surface area (Å²) in [5.74, 6) is 3.18. The van der Waals surface area contributed by atoms with Gasteiger partial charge in [-0.3, -0.25) is 0 Å². The summed E-state index contributed by atoms with van der Waals surface area (Å²) in [6.07, 6.45) is 11.4. The third kappa shape index (κ3) is 2.61. The van der Waals surface area contributed by atoms with Crippen molar-refractivity contribution in [1.29, 1.82) is 0 Å². The Kier molecular flexibility index (Phi) is 5.02. The maximum absolute atomic E-state index is 11.7. The average molecular weight is 443 g/mol. The standard InChI is InChI=1S/C30H50O2/c1-18-11-14-28(6)24(32)17-30(8)20(25(28)19(18)2)9-10-22-27(5)15-13-23(31)26(3,4)21(27)12-16-29(22,30)7/h11,19-25,31-32H,9-10,12-17H2,1-8H3/t19-,20+,21-,22+,23-,24-,25-,27-,28+,29+,30+/m0/s1. The number of rotatable bonds is 0. The van der Waals surface area contributed by atoms with Crippen molar-refractivity contribution >= 4 is 0 Å². The molecule has 0 saturated heterocycles. The highest BCUT2D eigenvalue weighted by Gasteiger charge is 2.70. The highest BCUT2D eigenvalue weighted by Crippen LogP contribution is 2.76. The highest BCUT2D eigenvalue weighted by molar-refractivity contribution is 5.24. The van der Waals surface area contributed by atoms with E-state index in [2.05, 4.69) is 61.5 Å². The van der Waals surface area contributed by atoms with Gasteiger partial charge in [-0.25, -0.2) is 0 Å². The van der Waals surface area contributed by atoms with Gasteiger partial charge in [0.2, 0.25) is 0 Å². The molecule has 32 heavy (non-hydrogen) atoms. The molecule has 4 saturated carbocycles. The lowest BCUT2D eigenvalue weighted by Gasteiger charge is -2.74. The van der Waals surface area contributed by atoms with Crippen molar-refractivity contribution < 1.29 is 10.2 Å². The van der Waals surface area contributed by atoms with Crippen molar-refractivity contribution in [3.05, 3.63) is 11.6 Å². The van der Waals surface area contributed by atoms with Gasteiger partial charge >= 0.3 is 0 Å². The van der Waals surface area contributed by atoms with Gasteiger partial charge in [0.25, 0.3) is 0 Å². The Hall–Kier alpha value is -0.340. The van der Waals surface area contributed by atoms with Gasteiger partial charge in [-0.15, -0.1) is 0 Å². The van der Waals surface area contributed by atoms with Gasteiger partial charge in [0.05, 0.1) is 12.2 Å². The van der Waals surface area contributed by atoms with E-state index in [0.29, 0.717) is 35.0 Å². The number of allylic oxidation sites excluding steroid dienone is 2. The molecule has 0 aliphatic heterocycles. The van der Waals surface area contributed by atoms with Crippen molar-refractivity contribution in [2.24, 2.45) is 56.7 Å². The first kappa shape index (κ1) is 23.4. The molecule has 0 aromatic heterocycles. The zero-order chi connectivity index (χ0) is 23.5. The molecule has 0 heterocycles. The van der Waals surface area contributed by atoms with Crippen LogP contribution in [0.2, 0.25) is 0 Å². The Morgan fingerprint density at radius 3 is 2.16 bits per heavy atom. The molecular formula is C30H50O2. The first-order valence-electron chi connectivity index (χ1n) is 13.8. The summed E-state index contributed by atoms with van der Waals surface area (Å²) in [5.41, 5.74) is 2.37. The van der Waals surface area contributed by atoms with Crippen LogP contribution in [0.1, 0.15) is 107 Å². The molecule has 2 N–H and O–H groups in total. The van der Waals surface area contributed by atoms with E-state index in [9.17, 15) is 10.2 Å². The lowest BCUT2D eigenvalue weighted by molar-refractivity contribution is -0.267. The van der Waals surface area contributed by atoms with Crippen LogP contribution in [0, 0.1) is 56.7 Å². The Labute approximate surface area is 197 Å². The monoisotopic (exact) mass is 442 g/mol. The minimum Gasteiger partial charge on any atom is -0.393 e. The minimum atomic E-state index is -0.203. The third-order valence-electron chi connectivity index (χ3n) is 13.6. The fraction of sp³-hybridized carbons (Fsp3) is 0.933. The second-order valence-electron chi connectivity index (χ2n) is 14.7. The first-order valence-corrected chi connectivity index (χ1v) is 13.8. The fourth-order valence-electron chi connectivity index (χ4n) is 11.3. The van der Waals surface area contributed by atoms with Crippen LogP contribution < -0.4 is 0 Å². The van der Waals surface area contributed by atoms with E-state index in [4.69, 9.17) is 0 Å². The summed E-state index contributed by atoms with van der Waals surface area (Å²) in [4.78, 5) is 0. The second kappa shape index (κ2) is 6.87. The zero-order valence-electron chi connectivity index (χ0n) is 22.2. The van der Waals surface area contributed by atoms with Crippen LogP contribution in [0.25, 0.3) is 0 Å². The molecule has 0 aromatic rings. The van der Waals surface area contributed by atoms with Crippen LogP contribution >= 0.6 is 0 Å². The number of hydrogen-bond acceptors (Lipinski definition) is 2. The molecule has 5 rings (SSSR count). The van der Waals surface area contributed by atoms with Gasteiger partial charge in [0.1, 0.15) is 0 Å². The molecule has 5 aliphatic rings. The van der Waals surface area contributed by atoms with Crippen molar-refractivity contribution in [2.75, 3.05) is 0 Å². The molecule has 2 heteroatoms. The van der Waals surface area contributed by atoms with E-state index in [1.165, 1.54) is 32.1 Å². The van der Waals surface area contributed by atoms with E-state index in [0.717, 1.165) is 19.3 Å². The predicted molar refractivity (Wildman–Crippen MR) is 132 cm³/mol. The quantitative estimate of drug-likeness (QED) is 0.397. The van der Waals surface area contributed by atoms with Crippen molar-refractivity contribution in [1.82, 2.24) is 0 Å². The average Bonchev–Trinajstić information content (AvgIpc) is 2.70. The van der Waals surface area contributed by atoms with E-state index in [-0.39, 0.29) is 33.9 Å². The molecule has 0 radical (unpaired) electrons. The number of aliphatic hydroxyl groups is 2. The van der Waals surface area contributed by atoms with E-state index < -0.39 is 0 Å². The van der Waals surface area contributed by atoms with Crippen LogP contribution in [0.3, 0.4) is 0 Å². The van der Waals surface area contributed by atoms with Crippen molar-refractivity contribution in [2.45, 2.75) is 119 Å². The lowest BCUT2D eigenvalue weighted by atomic mass is 9.31. The van der Waals surface area contributed by atoms with Crippen LogP contribution in [-0.2, 0) is 0 Å². The summed E-state index contributed by atoms with van der Waals surface area (Å²) < 4.78 is 0. The van der Waals surface area contributed by atoms with E-state index in [1.807, 2.05) is 0 Å². The summed E-state index contributed by atoms with van der Waals surface area (Å²) in [7, 11) is 0. The van der Waals surface area contributed by atoms with Gasteiger partial charge in [0, 0.05) is 5.41 Å². The van der Waals surface area contributed by atoms with Gasteiger partial charge in [-0.05, 0) is 110 Å². The number of aliphatic hydroxyl groups excluding tert-OH is 2. The zero-order valence-corrected chi connectivity index (χ0v) is 22.2. The molecular weight excluding hydrogens is 392 g/mol. The highest BCUT2D eigenvalue weighted by atomic mass is 16.3. The Morgan fingerprint density at radius 2 is 1.47 bits per heavy atom. The molecule has 2 nitrogen and oxygen atoms in total. The number of hydrogen-bond donors (Lipinski definition) is 2. The summed E-state index contributed by atoms with van der Waals surface area (Å²) in [6, 6.07) is 0. The Morgan fingerprint density at radius 1 is 0.781 bits per heavy atom. The van der Waals surface area contributed by atoms with Crippen LogP contribution in [0.4, 0.5) is 0 Å². The molecule has 0 spiro atoms. The Bertz CT molecular complexity index is 814. The SMILES string of the molecule is CC1=CC[C@@]2(C)[C@H]([C@H]3CC[C@@H]4[C@@]5(C)CC[C@H](O)C(C)(C)[C@@H]5CC[C@@]4(C)[C@]3(C)C[C@@H]2O)[C@H]1C. The van der Waals surface area contributed by atoms with Crippen LogP contribution in [0.5, 0.6) is 0 Å². The van der Waals surface area contributed by atoms with Crippen LogP contribution in [-0.4, -0.2) is 22.4 Å². The topological polar surface area (TPSA) is 40.5 Å². The smallest absolute Gasteiger partial charge is 0.0605 e. The maximum atomic E-state index is 11.7. The minimum absolute atomic E-state index is 0.0104. The van der Waals surface area contributed by atoms with Crippen molar-refractivity contribution in [3.8, 4) is 0 Å². The third-order valence-corrected chi connectivity index (χ3v) is 13.6.